The summed E-state index contributed by atoms with van der Waals surface area (Å²) in [5.41, 5.74) is 1.10. The second kappa shape index (κ2) is 14.4. The van der Waals surface area contributed by atoms with Gasteiger partial charge in [0.15, 0.2) is 5.11 Å². The Hall–Kier alpha value is -2.64. The minimum Gasteiger partial charge on any atom is -0.449 e. The van der Waals surface area contributed by atoms with Crippen molar-refractivity contribution in [3.8, 4) is 0 Å². The Labute approximate surface area is 181 Å². The Bertz CT molecular complexity index is 758. The van der Waals surface area contributed by atoms with E-state index in [4.69, 9.17) is 28.6 Å². The number of benzene rings is 2. The Balaban J connectivity index is 0.000000326. The number of alkyl carbamates (subject to hydrolysis) is 1. The van der Waals surface area contributed by atoms with Crippen LogP contribution in [-0.2, 0) is 22.7 Å². The van der Waals surface area contributed by atoms with E-state index in [0.29, 0.717) is 11.0 Å². The molecular weight excluding hydrogens is 412 g/mol. The number of nitrogens with one attached hydrogen (secondary N) is 2. The lowest BCUT2D eigenvalue weighted by atomic mass is 10.2. The molecule has 6 nitrogen and oxygen atoms in total. The molecule has 2 N–H and O–H groups in total. The SMILES string of the molecule is CC(C)CNC(=S)NC(=O)OCc1ccccc1.O=C(Cl)OCc1ccccc1. The van der Waals surface area contributed by atoms with Crippen molar-refractivity contribution in [1.82, 2.24) is 10.6 Å². The Morgan fingerprint density at radius 1 is 0.931 bits per heavy atom. The van der Waals surface area contributed by atoms with Gasteiger partial charge in [-0.3, -0.25) is 5.32 Å². The number of carbonyl (C=O) groups excluding carboxylic acids is 2. The van der Waals surface area contributed by atoms with Gasteiger partial charge in [-0.15, -0.1) is 0 Å². The fourth-order valence-electron chi connectivity index (χ4n) is 1.91. The fraction of sp³-hybridized carbons (Fsp3) is 0.286. The number of carbonyl (C=O) groups is 2. The number of ether oxygens (including phenoxy) is 2. The molecule has 0 aromatic heterocycles. The second-order valence-corrected chi connectivity index (χ2v) is 7.02. The molecule has 0 fully saturated rings. The summed E-state index contributed by atoms with van der Waals surface area (Å²) in [4.78, 5) is 21.6. The van der Waals surface area contributed by atoms with Crippen molar-refractivity contribution in [1.29, 1.82) is 0 Å². The average Bonchev–Trinajstić information content (AvgIpc) is 2.71. The summed E-state index contributed by atoms with van der Waals surface area (Å²) in [7, 11) is 0. The minimum absolute atomic E-state index is 0.236. The van der Waals surface area contributed by atoms with Gasteiger partial charge in [0, 0.05) is 18.1 Å². The molecule has 2 aromatic carbocycles. The first-order valence-corrected chi connectivity index (χ1v) is 9.77. The molecule has 156 valence electrons. The number of hydrogen-bond acceptors (Lipinski definition) is 5. The molecular formula is C21H25ClN2O4S. The summed E-state index contributed by atoms with van der Waals surface area (Å²) in [5, 5.41) is 5.69. The quantitative estimate of drug-likeness (QED) is 0.490. The van der Waals surface area contributed by atoms with Crippen LogP contribution in [0.5, 0.6) is 0 Å². The predicted molar refractivity (Wildman–Crippen MR) is 118 cm³/mol. The van der Waals surface area contributed by atoms with E-state index in [9.17, 15) is 9.59 Å². The molecule has 0 aliphatic rings. The van der Waals surface area contributed by atoms with Crippen molar-refractivity contribution >= 4 is 40.5 Å². The number of thiocarbonyl (C=S) groups is 1. The third-order valence-electron chi connectivity index (χ3n) is 3.29. The molecule has 0 radical (unpaired) electrons. The highest BCUT2D eigenvalue weighted by atomic mass is 35.5. The lowest BCUT2D eigenvalue weighted by Gasteiger charge is -2.11. The molecule has 0 spiro atoms. The van der Waals surface area contributed by atoms with Gasteiger partial charge in [0.2, 0.25) is 0 Å². The lowest BCUT2D eigenvalue weighted by molar-refractivity contribution is 0.145. The minimum atomic E-state index is -0.770. The van der Waals surface area contributed by atoms with Crippen molar-refractivity contribution in [2.45, 2.75) is 27.1 Å². The van der Waals surface area contributed by atoms with E-state index in [-0.39, 0.29) is 13.2 Å². The highest BCUT2D eigenvalue weighted by Crippen LogP contribution is 2.02. The van der Waals surface area contributed by atoms with Gasteiger partial charge in [-0.1, -0.05) is 74.5 Å². The molecule has 2 rings (SSSR count). The summed E-state index contributed by atoms with van der Waals surface area (Å²) in [6.07, 6.45) is -0.542. The molecule has 29 heavy (non-hydrogen) atoms. The van der Waals surface area contributed by atoms with E-state index in [2.05, 4.69) is 29.2 Å². The summed E-state index contributed by atoms with van der Waals surface area (Å²) >= 11 is 9.92. The van der Waals surface area contributed by atoms with E-state index in [1.165, 1.54) is 0 Å². The predicted octanol–water partition coefficient (Wildman–Crippen LogP) is 5.01. The molecule has 0 aliphatic carbocycles. The number of halogens is 1. The van der Waals surface area contributed by atoms with E-state index in [1.54, 1.807) is 0 Å². The van der Waals surface area contributed by atoms with E-state index >= 15 is 0 Å². The van der Waals surface area contributed by atoms with Crippen LogP contribution in [0.4, 0.5) is 9.59 Å². The van der Waals surface area contributed by atoms with Gasteiger partial charge < -0.3 is 14.8 Å². The Morgan fingerprint density at radius 3 is 1.86 bits per heavy atom. The average molecular weight is 437 g/mol. The van der Waals surface area contributed by atoms with Crippen LogP contribution in [0.1, 0.15) is 25.0 Å². The molecule has 0 unspecified atom stereocenters. The van der Waals surface area contributed by atoms with Gasteiger partial charge in [0.1, 0.15) is 13.2 Å². The van der Waals surface area contributed by atoms with Gasteiger partial charge >= 0.3 is 11.5 Å². The zero-order chi connectivity index (χ0) is 21.5. The Kier molecular flexibility index (Phi) is 12.1. The summed E-state index contributed by atoms with van der Waals surface area (Å²) in [5.74, 6) is 0.463. The molecule has 0 aliphatic heterocycles. The molecule has 0 saturated carbocycles. The van der Waals surface area contributed by atoms with Crippen LogP contribution in [0.3, 0.4) is 0 Å². The van der Waals surface area contributed by atoms with Crippen molar-refractivity contribution in [2.75, 3.05) is 6.54 Å². The lowest BCUT2D eigenvalue weighted by Crippen LogP contribution is -2.40. The van der Waals surface area contributed by atoms with Crippen molar-refractivity contribution < 1.29 is 19.1 Å². The smallest absolute Gasteiger partial charge is 0.413 e. The fourth-order valence-corrected chi connectivity index (χ4v) is 2.13. The zero-order valence-corrected chi connectivity index (χ0v) is 18.0. The van der Waals surface area contributed by atoms with Gasteiger partial charge in [-0.05, 0) is 29.3 Å². The van der Waals surface area contributed by atoms with Crippen LogP contribution in [0, 0.1) is 5.92 Å². The topological polar surface area (TPSA) is 76.7 Å². The van der Waals surface area contributed by atoms with Crippen molar-refractivity contribution in [3.05, 3.63) is 71.8 Å². The highest BCUT2D eigenvalue weighted by Gasteiger charge is 2.05. The molecule has 2 aromatic rings. The maximum atomic E-state index is 11.4. The summed E-state index contributed by atoms with van der Waals surface area (Å²) in [6.45, 7) is 5.31. The second-order valence-electron chi connectivity index (χ2n) is 6.30. The van der Waals surface area contributed by atoms with Crippen LogP contribution in [0.15, 0.2) is 60.7 Å². The molecule has 0 saturated heterocycles. The Morgan fingerprint density at radius 2 is 1.41 bits per heavy atom. The van der Waals surface area contributed by atoms with Crippen molar-refractivity contribution in [3.63, 3.8) is 0 Å². The third-order valence-corrected chi connectivity index (χ3v) is 3.65. The molecule has 0 bridgehead atoms. The van der Waals surface area contributed by atoms with Crippen molar-refractivity contribution in [2.24, 2.45) is 5.92 Å². The summed E-state index contributed by atoms with van der Waals surface area (Å²) < 4.78 is 9.58. The number of hydrogen-bond donors (Lipinski definition) is 2. The first-order valence-electron chi connectivity index (χ1n) is 8.98. The molecule has 8 heteroatoms. The number of amides is 1. The molecule has 0 heterocycles. The normalized spacial score (nSPS) is 9.66. The molecule has 1 amide bonds. The maximum Gasteiger partial charge on any atom is 0.413 e. The van der Waals surface area contributed by atoms with E-state index in [1.807, 2.05) is 60.7 Å². The maximum absolute atomic E-state index is 11.4. The van der Waals surface area contributed by atoms with Gasteiger partial charge in [0.25, 0.3) is 0 Å². The number of rotatable bonds is 6. The van der Waals surface area contributed by atoms with Crippen LogP contribution in [0.25, 0.3) is 0 Å². The first-order chi connectivity index (χ1) is 13.9. The van der Waals surface area contributed by atoms with Crippen LogP contribution in [-0.4, -0.2) is 23.2 Å². The van der Waals surface area contributed by atoms with E-state index in [0.717, 1.165) is 17.7 Å². The highest BCUT2D eigenvalue weighted by molar-refractivity contribution is 7.80. The van der Waals surface area contributed by atoms with Gasteiger partial charge in [0.05, 0.1) is 0 Å². The van der Waals surface area contributed by atoms with Gasteiger partial charge in [-0.2, -0.15) is 0 Å². The van der Waals surface area contributed by atoms with Crippen LogP contribution >= 0.6 is 23.8 Å². The first kappa shape index (κ1) is 24.4. The van der Waals surface area contributed by atoms with E-state index < -0.39 is 11.5 Å². The van der Waals surface area contributed by atoms with Crippen LogP contribution < -0.4 is 10.6 Å². The molecule has 0 atom stereocenters. The van der Waals surface area contributed by atoms with Gasteiger partial charge in [-0.25, -0.2) is 9.59 Å². The van der Waals surface area contributed by atoms with Crippen LogP contribution in [0.2, 0.25) is 0 Å². The monoisotopic (exact) mass is 436 g/mol. The zero-order valence-electron chi connectivity index (χ0n) is 16.4. The largest absolute Gasteiger partial charge is 0.449 e. The summed E-state index contributed by atoms with van der Waals surface area (Å²) in [6, 6.07) is 18.8. The standard InChI is InChI=1S/C13H18N2O2S.C8H7ClO2/c1-10(2)8-14-12(18)15-13(16)17-9-11-6-4-3-5-7-11;9-8(10)11-6-7-4-2-1-3-5-7/h3-7,10H,8-9H2,1-2H3,(H2,14,15,16,18);1-5H,6H2. The third kappa shape index (κ3) is 13.2.